The van der Waals surface area contributed by atoms with E-state index in [1.54, 1.807) is 19.2 Å². The summed E-state index contributed by atoms with van der Waals surface area (Å²) >= 11 is 5.86. The Morgan fingerprint density at radius 2 is 1.81 bits per heavy atom. The molecule has 1 N–H and O–H groups in total. The maximum absolute atomic E-state index is 9.33. The molecule has 2 rings (SSSR count). The fraction of sp³-hybridized carbons (Fsp3) is 0.0769. The van der Waals surface area contributed by atoms with Gasteiger partial charge in [-0.2, -0.15) is 0 Å². The number of ether oxygens (including phenoxy) is 1. The van der Waals surface area contributed by atoms with E-state index in [2.05, 4.69) is 0 Å². The van der Waals surface area contributed by atoms with Crippen molar-refractivity contribution in [2.45, 2.75) is 0 Å². The van der Waals surface area contributed by atoms with Gasteiger partial charge in [-0.05, 0) is 35.4 Å². The van der Waals surface area contributed by atoms with Crippen LogP contribution >= 0.6 is 11.6 Å². The summed E-state index contributed by atoms with van der Waals surface area (Å²) in [5, 5.41) is 9.68. The number of phenolic OH excluding ortho intramolecular Hbond substituents is 1. The molecule has 0 saturated carbocycles. The molecule has 16 heavy (non-hydrogen) atoms. The number of phenols is 1. The van der Waals surface area contributed by atoms with Gasteiger partial charge in [0.1, 0.15) is 11.5 Å². The largest absolute Gasteiger partial charge is 0.506 e. The molecular formula is C13H11ClO2. The van der Waals surface area contributed by atoms with Crippen molar-refractivity contribution in [1.82, 2.24) is 0 Å². The van der Waals surface area contributed by atoms with E-state index in [4.69, 9.17) is 16.3 Å². The molecule has 0 fully saturated rings. The molecule has 0 aromatic heterocycles. The van der Waals surface area contributed by atoms with Crippen LogP contribution < -0.4 is 4.74 Å². The van der Waals surface area contributed by atoms with Crippen LogP contribution in [0.2, 0.25) is 5.02 Å². The Morgan fingerprint density at radius 3 is 2.50 bits per heavy atom. The predicted octanol–water partition coefficient (Wildman–Crippen LogP) is 3.72. The van der Waals surface area contributed by atoms with Gasteiger partial charge in [-0.15, -0.1) is 0 Å². The minimum atomic E-state index is 0.0910. The molecule has 0 aliphatic rings. The summed E-state index contributed by atoms with van der Waals surface area (Å²) in [7, 11) is 1.63. The Balaban J connectivity index is 2.46. The van der Waals surface area contributed by atoms with Crippen LogP contribution in [0.25, 0.3) is 11.1 Å². The number of methoxy groups -OCH3 is 1. The van der Waals surface area contributed by atoms with Crippen LogP contribution in [0.3, 0.4) is 0 Å². The molecule has 2 aromatic rings. The van der Waals surface area contributed by atoms with E-state index in [-0.39, 0.29) is 5.75 Å². The van der Waals surface area contributed by atoms with Gasteiger partial charge in [0.25, 0.3) is 0 Å². The second-order valence-corrected chi connectivity index (χ2v) is 3.81. The zero-order valence-corrected chi connectivity index (χ0v) is 9.53. The lowest BCUT2D eigenvalue weighted by Crippen LogP contribution is -1.83. The van der Waals surface area contributed by atoms with Crippen LogP contribution in [-0.4, -0.2) is 12.2 Å². The Hall–Kier alpha value is -1.67. The zero-order chi connectivity index (χ0) is 11.5. The highest BCUT2D eigenvalue weighted by atomic mass is 35.5. The second-order valence-electron chi connectivity index (χ2n) is 3.40. The number of halogens is 1. The molecule has 0 aliphatic carbocycles. The molecule has 0 saturated heterocycles. The van der Waals surface area contributed by atoms with E-state index in [1.807, 2.05) is 30.3 Å². The van der Waals surface area contributed by atoms with Crippen molar-refractivity contribution in [2.75, 3.05) is 7.11 Å². The van der Waals surface area contributed by atoms with Crippen molar-refractivity contribution in [3.63, 3.8) is 0 Å². The number of aromatic hydroxyl groups is 1. The summed E-state index contributed by atoms with van der Waals surface area (Å²) in [5.74, 6) is 0.884. The molecule has 0 heterocycles. The van der Waals surface area contributed by atoms with E-state index >= 15 is 0 Å². The Morgan fingerprint density at radius 1 is 1.06 bits per heavy atom. The van der Waals surface area contributed by atoms with E-state index in [0.29, 0.717) is 5.02 Å². The minimum Gasteiger partial charge on any atom is -0.506 e. The minimum absolute atomic E-state index is 0.0910. The SMILES string of the molecule is COc1cccc(-c2ccc(O)c(Cl)c2)c1. The summed E-state index contributed by atoms with van der Waals surface area (Å²) in [4.78, 5) is 0. The van der Waals surface area contributed by atoms with Crippen molar-refractivity contribution < 1.29 is 9.84 Å². The van der Waals surface area contributed by atoms with Crippen LogP contribution in [-0.2, 0) is 0 Å². The lowest BCUT2D eigenvalue weighted by atomic mass is 10.1. The highest BCUT2D eigenvalue weighted by Gasteiger charge is 2.03. The molecule has 0 aliphatic heterocycles. The monoisotopic (exact) mass is 234 g/mol. The summed E-state index contributed by atoms with van der Waals surface area (Å²) < 4.78 is 5.15. The van der Waals surface area contributed by atoms with E-state index in [1.165, 1.54) is 0 Å². The molecule has 2 aromatic carbocycles. The van der Waals surface area contributed by atoms with Gasteiger partial charge in [-0.1, -0.05) is 29.8 Å². The average Bonchev–Trinajstić information content (AvgIpc) is 2.33. The first-order valence-electron chi connectivity index (χ1n) is 4.83. The summed E-state index contributed by atoms with van der Waals surface area (Å²) in [5.41, 5.74) is 1.95. The molecule has 82 valence electrons. The van der Waals surface area contributed by atoms with Gasteiger partial charge in [0.15, 0.2) is 0 Å². The first-order valence-corrected chi connectivity index (χ1v) is 5.21. The van der Waals surface area contributed by atoms with E-state index in [0.717, 1.165) is 16.9 Å². The Kier molecular flexibility index (Phi) is 3.02. The van der Waals surface area contributed by atoms with Crippen LogP contribution in [0.15, 0.2) is 42.5 Å². The molecular weight excluding hydrogens is 224 g/mol. The van der Waals surface area contributed by atoms with Crippen molar-refractivity contribution in [1.29, 1.82) is 0 Å². The molecule has 0 bridgehead atoms. The van der Waals surface area contributed by atoms with Gasteiger partial charge in [0.05, 0.1) is 12.1 Å². The van der Waals surface area contributed by atoms with Gasteiger partial charge in [-0.3, -0.25) is 0 Å². The third-order valence-corrected chi connectivity index (χ3v) is 2.65. The van der Waals surface area contributed by atoms with Crippen LogP contribution in [0.1, 0.15) is 0 Å². The maximum atomic E-state index is 9.33. The number of benzene rings is 2. The molecule has 0 spiro atoms. The molecule has 3 heteroatoms. The summed E-state index contributed by atoms with van der Waals surface area (Å²) in [6, 6.07) is 12.8. The summed E-state index contributed by atoms with van der Waals surface area (Å²) in [6.45, 7) is 0. The average molecular weight is 235 g/mol. The topological polar surface area (TPSA) is 29.5 Å². The van der Waals surface area contributed by atoms with Crippen molar-refractivity contribution in [3.8, 4) is 22.6 Å². The first-order chi connectivity index (χ1) is 7.70. The van der Waals surface area contributed by atoms with Crippen molar-refractivity contribution in [3.05, 3.63) is 47.5 Å². The fourth-order valence-electron chi connectivity index (χ4n) is 1.49. The van der Waals surface area contributed by atoms with Crippen LogP contribution in [0, 0.1) is 0 Å². The molecule has 0 radical (unpaired) electrons. The lowest BCUT2D eigenvalue weighted by molar-refractivity contribution is 0.415. The highest BCUT2D eigenvalue weighted by molar-refractivity contribution is 6.32. The van der Waals surface area contributed by atoms with Crippen molar-refractivity contribution in [2.24, 2.45) is 0 Å². The summed E-state index contributed by atoms with van der Waals surface area (Å²) in [6.07, 6.45) is 0. The Bertz CT molecular complexity index is 509. The third-order valence-electron chi connectivity index (χ3n) is 2.35. The first kappa shape index (κ1) is 10.8. The molecule has 0 unspecified atom stereocenters. The highest BCUT2D eigenvalue weighted by Crippen LogP contribution is 2.30. The van der Waals surface area contributed by atoms with Crippen LogP contribution in [0.5, 0.6) is 11.5 Å². The fourth-order valence-corrected chi connectivity index (χ4v) is 1.67. The molecule has 2 nitrogen and oxygen atoms in total. The third kappa shape index (κ3) is 2.12. The predicted molar refractivity (Wildman–Crippen MR) is 65.1 cm³/mol. The molecule has 0 amide bonds. The number of hydrogen-bond donors (Lipinski definition) is 1. The van der Waals surface area contributed by atoms with E-state index < -0.39 is 0 Å². The smallest absolute Gasteiger partial charge is 0.134 e. The number of rotatable bonds is 2. The van der Waals surface area contributed by atoms with Gasteiger partial charge in [-0.25, -0.2) is 0 Å². The lowest BCUT2D eigenvalue weighted by Gasteiger charge is -2.05. The zero-order valence-electron chi connectivity index (χ0n) is 8.77. The second kappa shape index (κ2) is 4.45. The molecule has 0 atom stereocenters. The maximum Gasteiger partial charge on any atom is 0.134 e. The van der Waals surface area contributed by atoms with Crippen molar-refractivity contribution >= 4 is 11.6 Å². The van der Waals surface area contributed by atoms with Gasteiger partial charge < -0.3 is 9.84 Å². The normalized spacial score (nSPS) is 10.1. The quantitative estimate of drug-likeness (QED) is 0.858. The van der Waals surface area contributed by atoms with Gasteiger partial charge >= 0.3 is 0 Å². The number of hydrogen-bond acceptors (Lipinski definition) is 2. The standard InChI is InChI=1S/C13H11ClO2/c1-16-11-4-2-3-9(7-11)10-5-6-13(15)12(14)8-10/h2-8,15H,1H3. The van der Waals surface area contributed by atoms with Gasteiger partial charge in [0.2, 0.25) is 0 Å². The van der Waals surface area contributed by atoms with E-state index in [9.17, 15) is 5.11 Å². The van der Waals surface area contributed by atoms with Crippen LogP contribution in [0.4, 0.5) is 0 Å². The van der Waals surface area contributed by atoms with Gasteiger partial charge in [0, 0.05) is 0 Å². The Labute approximate surface area is 99.1 Å².